The summed E-state index contributed by atoms with van der Waals surface area (Å²) in [5.41, 5.74) is 3.16. The second kappa shape index (κ2) is 12.1. The number of halogens is 2. The van der Waals surface area contributed by atoms with Crippen molar-refractivity contribution in [3.05, 3.63) is 119 Å². The van der Waals surface area contributed by atoms with E-state index in [0.29, 0.717) is 45.0 Å². The molecule has 0 aliphatic rings. The van der Waals surface area contributed by atoms with Crippen molar-refractivity contribution in [3.63, 3.8) is 0 Å². The Morgan fingerprint density at radius 3 is 2.32 bits per heavy atom. The fourth-order valence-electron chi connectivity index (χ4n) is 4.72. The minimum Gasteiger partial charge on any atom is -0.493 e. The quantitative estimate of drug-likeness (QED) is 0.165. The number of carbonyl (C=O) groups is 1. The first-order valence-electron chi connectivity index (χ1n) is 13.1. The molecule has 0 bridgehead atoms. The molecule has 1 atom stereocenters. The van der Waals surface area contributed by atoms with Gasteiger partial charge in [0.2, 0.25) is 0 Å². The summed E-state index contributed by atoms with van der Waals surface area (Å²) in [7, 11) is 3.07. The van der Waals surface area contributed by atoms with E-state index in [1.54, 1.807) is 74.1 Å². The number of fused-ring (bicyclic) bond motifs is 1. The molecule has 208 valence electrons. The SMILES string of the molecule is COc1cc2nccc(Oc3ccc(Cc4ncccc4C(=O)CC(C)c4ccc(F)cc4)cc3F)c2cc1OC. The van der Waals surface area contributed by atoms with Gasteiger partial charge in [-0.25, -0.2) is 8.78 Å². The van der Waals surface area contributed by atoms with Crippen LogP contribution in [-0.4, -0.2) is 30.0 Å². The lowest BCUT2D eigenvalue weighted by atomic mass is 9.92. The highest BCUT2D eigenvalue weighted by molar-refractivity contribution is 5.97. The van der Waals surface area contributed by atoms with Crippen LogP contribution < -0.4 is 14.2 Å². The lowest BCUT2D eigenvalue weighted by Gasteiger charge is -2.14. The number of rotatable bonds is 10. The Kier molecular flexibility index (Phi) is 8.19. The highest BCUT2D eigenvalue weighted by atomic mass is 19.1. The predicted molar refractivity (Wildman–Crippen MR) is 152 cm³/mol. The van der Waals surface area contributed by atoms with Crippen LogP contribution in [0.5, 0.6) is 23.0 Å². The number of ether oxygens (including phenoxy) is 3. The molecule has 2 aromatic heterocycles. The molecule has 0 aliphatic carbocycles. The Labute approximate surface area is 236 Å². The van der Waals surface area contributed by atoms with Crippen molar-refractivity contribution in [2.24, 2.45) is 0 Å². The standard InChI is InChI=1S/C33H28F2N2O4/c1-20(22-7-9-23(34)10-8-22)15-29(38)24-5-4-13-36-27(24)17-21-6-11-31(26(35)16-21)41-30-12-14-37-28-19-33(40-3)32(39-2)18-25(28)30/h4-14,16,18-20H,15,17H2,1-3H3. The summed E-state index contributed by atoms with van der Waals surface area (Å²) in [6.45, 7) is 1.92. The van der Waals surface area contributed by atoms with Crippen LogP contribution in [-0.2, 0) is 6.42 Å². The number of methoxy groups -OCH3 is 2. The average Bonchev–Trinajstić information content (AvgIpc) is 2.98. The van der Waals surface area contributed by atoms with Gasteiger partial charge in [0.25, 0.3) is 0 Å². The van der Waals surface area contributed by atoms with Gasteiger partial charge in [-0.05, 0) is 65.6 Å². The number of ketones is 1. The number of carbonyl (C=O) groups excluding carboxylic acids is 1. The predicted octanol–water partition coefficient (Wildman–Crippen LogP) is 7.68. The van der Waals surface area contributed by atoms with Crippen LogP contribution in [0, 0.1) is 11.6 Å². The third-order valence-electron chi connectivity index (χ3n) is 6.92. The van der Waals surface area contributed by atoms with Gasteiger partial charge in [-0.2, -0.15) is 0 Å². The van der Waals surface area contributed by atoms with E-state index in [1.807, 2.05) is 6.92 Å². The molecule has 8 heteroatoms. The van der Waals surface area contributed by atoms with Crippen LogP contribution in [0.15, 0.2) is 85.2 Å². The molecule has 0 radical (unpaired) electrons. The van der Waals surface area contributed by atoms with Crippen molar-refractivity contribution in [1.82, 2.24) is 9.97 Å². The number of pyridine rings is 2. The smallest absolute Gasteiger partial charge is 0.166 e. The van der Waals surface area contributed by atoms with Gasteiger partial charge in [0.15, 0.2) is 28.8 Å². The third kappa shape index (κ3) is 6.17. The lowest BCUT2D eigenvalue weighted by molar-refractivity contribution is 0.0974. The highest BCUT2D eigenvalue weighted by Gasteiger charge is 2.18. The minimum absolute atomic E-state index is 0.0430. The molecule has 5 rings (SSSR count). The van der Waals surface area contributed by atoms with Crippen molar-refractivity contribution in [2.45, 2.75) is 25.7 Å². The molecule has 0 aliphatic heterocycles. The minimum atomic E-state index is -0.554. The monoisotopic (exact) mass is 554 g/mol. The number of benzene rings is 3. The first kappa shape index (κ1) is 27.7. The van der Waals surface area contributed by atoms with Gasteiger partial charge < -0.3 is 14.2 Å². The molecule has 0 saturated carbocycles. The zero-order valence-electron chi connectivity index (χ0n) is 22.9. The second-order valence-corrected chi connectivity index (χ2v) is 9.65. The van der Waals surface area contributed by atoms with Crippen LogP contribution in [0.4, 0.5) is 8.78 Å². The third-order valence-corrected chi connectivity index (χ3v) is 6.92. The summed E-state index contributed by atoms with van der Waals surface area (Å²) in [6, 6.07) is 19.4. The maximum absolute atomic E-state index is 15.3. The van der Waals surface area contributed by atoms with Gasteiger partial charge >= 0.3 is 0 Å². The van der Waals surface area contributed by atoms with Gasteiger partial charge in [0.1, 0.15) is 11.6 Å². The van der Waals surface area contributed by atoms with Gasteiger partial charge in [0, 0.05) is 42.3 Å². The van der Waals surface area contributed by atoms with E-state index in [-0.39, 0.29) is 36.1 Å². The van der Waals surface area contributed by atoms with E-state index in [9.17, 15) is 9.18 Å². The van der Waals surface area contributed by atoms with Crippen molar-refractivity contribution in [3.8, 4) is 23.0 Å². The van der Waals surface area contributed by atoms with Gasteiger partial charge in [-0.15, -0.1) is 0 Å². The van der Waals surface area contributed by atoms with Crippen LogP contribution in [0.2, 0.25) is 0 Å². The van der Waals surface area contributed by atoms with Gasteiger partial charge in [-0.3, -0.25) is 14.8 Å². The molecule has 41 heavy (non-hydrogen) atoms. The van der Waals surface area contributed by atoms with Crippen LogP contribution in [0.3, 0.4) is 0 Å². The van der Waals surface area contributed by atoms with E-state index in [0.717, 1.165) is 5.56 Å². The summed E-state index contributed by atoms with van der Waals surface area (Å²) in [5.74, 6) is 0.426. The topological polar surface area (TPSA) is 70.5 Å². The van der Waals surface area contributed by atoms with Crippen LogP contribution in [0.1, 0.15) is 46.4 Å². The zero-order chi connectivity index (χ0) is 28.9. The van der Waals surface area contributed by atoms with Crippen molar-refractivity contribution >= 4 is 16.7 Å². The van der Waals surface area contributed by atoms with Crippen molar-refractivity contribution < 1.29 is 27.8 Å². The molecule has 3 aromatic carbocycles. The lowest BCUT2D eigenvalue weighted by Crippen LogP contribution is -2.10. The van der Waals surface area contributed by atoms with E-state index >= 15 is 4.39 Å². The molecule has 6 nitrogen and oxygen atoms in total. The van der Waals surface area contributed by atoms with E-state index in [1.165, 1.54) is 25.3 Å². The average molecular weight is 555 g/mol. The first-order chi connectivity index (χ1) is 19.9. The summed E-state index contributed by atoms with van der Waals surface area (Å²) in [5, 5.41) is 0.639. The van der Waals surface area contributed by atoms with E-state index in [4.69, 9.17) is 14.2 Å². The molecule has 1 unspecified atom stereocenters. The second-order valence-electron chi connectivity index (χ2n) is 9.65. The molecule has 2 heterocycles. The summed E-state index contributed by atoms with van der Waals surface area (Å²) < 4.78 is 45.2. The fraction of sp³-hybridized carbons (Fsp3) is 0.182. The maximum Gasteiger partial charge on any atom is 0.166 e. The van der Waals surface area contributed by atoms with Crippen molar-refractivity contribution in [1.29, 1.82) is 0 Å². The number of nitrogens with zero attached hydrogens (tertiary/aromatic N) is 2. The summed E-state index contributed by atoms with van der Waals surface area (Å²) in [6.07, 6.45) is 3.69. The highest BCUT2D eigenvalue weighted by Crippen LogP contribution is 2.37. The molecular formula is C33H28F2N2O4. The normalized spacial score (nSPS) is 11.7. The van der Waals surface area contributed by atoms with E-state index in [2.05, 4.69) is 9.97 Å². The Morgan fingerprint density at radius 2 is 1.59 bits per heavy atom. The molecule has 0 fully saturated rings. The fourth-order valence-corrected chi connectivity index (χ4v) is 4.72. The van der Waals surface area contributed by atoms with E-state index < -0.39 is 5.82 Å². The summed E-state index contributed by atoms with van der Waals surface area (Å²) >= 11 is 0. The van der Waals surface area contributed by atoms with Gasteiger partial charge in [-0.1, -0.05) is 25.1 Å². The molecule has 5 aromatic rings. The zero-order valence-corrected chi connectivity index (χ0v) is 22.9. The van der Waals surface area contributed by atoms with Gasteiger partial charge in [0.05, 0.1) is 25.4 Å². The van der Waals surface area contributed by atoms with Crippen LogP contribution >= 0.6 is 0 Å². The largest absolute Gasteiger partial charge is 0.493 e. The first-order valence-corrected chi connectivity index (χ1v) is 13.1. The summed E-state index contributed by atoms with van der Waals surface area (Å²) in [4.78, 5) is 22.0. The Hall–Kier alpha value is -4.85. The number of Topliss-reactive ketones (excluding diaryl/α,β-unsaturated/α-hetero) is 1. The number of aromatic nitrogens is 2. The number of hydrogen-bond donors (Lipinski definition) is 0. The molecule has 0 amide bonds. The molecule has 0 saturated heterocycles. The van der Waals surface area contributed by atoms with Crippen molar-refractivity contribution in [2.75, 3.05) is 14.2 Å². The Morgan fingerprint density at radius 1 is 0.829 bits per heavy atom. The Bertz CT molecular complexity index is 1710. The maximum atomic E-state index is 15.3. The molecule has 0 N–H and O–H groups in total. The molecular weight excluding hydrogens is 526 g/mol. The van der Waals surface area contributed by atoms with Crippen LogP contribution in [0.25, 0.3) is 10.9 Å². The molecule has 0 spiro atoms. The Balaban J connectivity index is 1.34. The number of hydrogen-bond acceptors (Lipinski definition) is 6.